The lowest BCUT2D eigenvalue weighted by Gasteiger charge is -2.16. The van der Waals surface area contributed by atoms with Crippen molar-refractivity contribution in [2.45, 2.75) is 25.4 Å². The molecule has 1 fully saturated rings. The fraction of sp³-hybridized carbons (Fsp3) is 0.818. The summed E-state index contributed by atoms with van der Waals surface area (Å²) in [5.41, 5.74) is 0. The smallest absolute Gasteiger partial charge is 0.411 e. The number of halogens is 3. The van der Waals surface area contributed by atoms with E-state index >= 15 is 0 Å². The molecule has 0 bridgehead atoms. The number of carbonyl (C=O) groups excluding carboxylic acids is 1. The van der Waals surface area contributed by atoms with Crippen LogP contribution in [0.5, 0.6) is 0 Å². The van der Waals surface area contributed by atoms with Gasteiger partial charge in [-0.1, -0.05) is 0 Å². The lowest BCUT2D eigenvalue weighted by molar-refractivity contribution is -0.177. The van der Waals surface area contributed by atoms with E-state index in [0.29, 0.717) is 25.9 Å². The average molecular weight is 283 g/mol. The molecule has 1 heterocycles. The summed E-state index contributed by atoms with van der Waals surface area (Å²) < 4.78 is 39.7. The number of carboxylic acids is 1. The Bertz CT molecular complexity index is 332. The number of ether oxygens (including phenoxy) is 1. The summed E-state index contributed by atoms with van der Waals surface area (Å²) in [5, 5.41) is 8.53. The predicted octanol–water partition coefficient (Wildman–Crippen LogP) is 1.28. The van der Waals surface area contributed by atoms with Gasteiger partial charge < -0.3 is 14.7 Å². The molecule has 110 valence electrons. The van der Waals surface area contributed by atoms with Gasteiger partial charge in [0.15, 0.2) is 0 Å². The minimum Gasteiger partial charge on any atom is -0.481 e. The molecule has 1 aliphatic rings. The van der Waals surface area contributed by atoms with Crippen molar-refractivity contribution in [2.75, 3.05) is 26.3 Å². The molecule has 1 rings (SSSR count). The van der Waals surface area contributed by atoms with Crippen LogP contribution in [0.3, 0.4) is 0 Å². The summed E-state index contributed by atoms with van der Waals surface area (Å²) >= 11 is 0. The molecule has 0 aromatic rings. The number of hydrogen-bond donors (Lipinski definition) is 1. The summed E-state index contributed by atoms with van der Waals surface area (Å²) in [6.45, 7) is -1.19. The normalized spacial score (nSPS) is 19.7. The fourth-order valence-corrected chi connectivity index (χ4v) is 1.97. The molecule has 0 aromatic heterocycles. The Balaban J connectivity index is 2.22. The number of aliphatic carboxylic acids is 1. The molecule has 1 unspecified atom stereocenters. The Labute approximate surface area is 108 Å². The summed E-state index contributed by atoms with van der Waals surface area (Å²) in [7, 11) is 0. The molecule has 1 amide bonds. The Hall–Kier alpha value is -1.31. The van der Waals surface area contributed by atoms with Crippen molar-refractivity contribution in [3.05, 3.63) is 0 Å². The number of alkyl halides is 3. The largest absolute Gasteiger partial charge is 0.481 e. The zero-order valence-corrected chi connectivity index (χ0v) is 10.3. The van der Waals surface area contributed by atoms with Crippen molar-refractivity contribution in [1.82, 2.24) is 4.90 Å². The van der Waals surface area contributed by atoms with Crippen LogP contribution < -0.4 is 0 Å². The van der Waals surface area contributed by atoms with Gasteiger partial charge in [-0.05, 0) is 18.8 Å². The molecular formula is C11H16F3NO4. The first-order valence-electron chi connectivity index (χ1n) is 5.92. The average Bonchev–Trinajstić information content (AvgIpc) is 2.73. The molecule has 1 atom stereocenters. The Morgan fingerprint density at radius 1 is 1.37 bits per heavy atom. The first-order chi connectivity index (χ1) is 8.78. The van der Waals surface area contributed by atoms with Crippen LogP contribution >= 0.6 is 0 Å². The van der Waals surface area contributed by atoms with E-state index in [9.17, 15) is 22.8 Å². The number of carboxylic acid groups (broad SMARTS) is 1. The van der Waals surface area contributed by atoms with Crippen LogP contribution in [0.15, 0.2) is 0 Å². The third kappa shape index (κ3) is 6.42. The summed E-state index contributed by atoms with van der Waals surface area (Å²) in [5.74, 6) is -1.27. The summed E-state index contributed by atoms with van der Waals surface area (Å²) in [6.07, 6.45) is -3.24. The molecule has 8 heteroatoms. The van der Waals surface area contributed by atoms with Gasteiger partial charge >= 0.3 is 12.1 Å². The van der Waals surface area contributed by atoms with Gasteiger partial charge in [0.1, 0.15) is 13.2 Å². The zero-order valence-electron chi connectivity index (χ0n) is 10.3. The highest BCUT2D eigenvalue weighted by Crippen LogP contribution is 2.21. The van der Waals surface area contributed by atoms with E-state index in [-0.39, 0.29) is 12.3 Å². The molecule has 0 aromatic carbocycles. The lowest BCUT2D eigenvalue weighted by Crippen LogP contribution is -2.33. The van der Waals surface area contributed by atoms with Crippen LogP contribution in [0.2, 0.25) is 0 Å². The van der Waals surface area contributed by atoms with Crippen molar-refractivity contribution in [3.8, 4) is 0 Å². The van der Waals surface area contributed by atoms with Gasteiger partial charge in [-0.15, -0.1) is 0 Å². The van der Waals surface area contributed by atoms with Crippen LogP contribution in [0, 0.1) is 5.92 Å². The molecule has 1 N–H and O–H groups in total. The van der Waals surface area contributed by atoms with Crippen molar-refractivity contribution in [3.63, 3.8) is 0 Å². The van der Waals surface area contributed by atoms with Crippen LogP contribution in [-0.4, -0.2) is 54.4 Å². The molecule has 1 saturated heterocycles. The fourth-order valence-electron chi connectivity index (χ4n) is 1.97. The molecule has 5 nitrogen and oxygen atoms in total. The van der Waals surface area contributed by atoms with Crippen LogP contribution in [-0.2, 0) is 14.3 Å². The van der Waals surface area contributed by atoms with Gasteiger partial charge in [-0.3, -0.25) is 9.59 Å². The highest BCUT2D eigenvalue weighted by Gasteiger charge is 2.30. The van der Waals surface area contributed by atoms with E-state index in [0.717, 1.165) is 0 Å². The number of carbonyl (C=O) groups is 2. The van der Waals surface area contributed by atoms with E-state index in [1.165, 1.54) is 4.90 Å². The second kappa shape index (κ2) is 6.74. The first-order valence-corrected chi connectivity index (χ1v) is 5.92. The predicted molar refractivity (Wildman–Crippen MR) is 58.4 cm³/mol. The molecule has 19 heavy (non-hydrogen) atoms. The molecule has 0 saturated carbocycles. The maximum Gasteiger partial charge on any atom is 0.411 e. The molecular weight excluding hydrogens is 267 g/mol. The molecule has 0 aliphatic carbocycles. The molecule has 1 aliphatic heterocycles. The van der Waals surface area contributed by atoms with Crippen molar-refractivity contribution >= 4 is 11.9 Å². The van der Waals surface area contributed by atoms with Gasteiger partial charge in [-0.2, -0.15) is 13.2 Å². The first kappa shape index (κ1) is 15.7. The summed E-state index contributed by atoms with van der Waals surface area (Å²) in [6, 6.07) is 0. The van der Waals surface area contributed by atoms with Gasteiger partial charge in [0.2, 0.25) is 5.91 Å². The van der Waals surface area contributed by atoms with E-state index in [1.54, 1.807) is 0 Å². The van der Waals surface area contributed by atoms with Crippen molar-refractivity contribution < 1.29 is 32.6 Å². The Morgan fingerprint density at radius 2 is 2.05 bits per heavy atom. The Morgan fingerprint density at radius 3 is 2.63 bits per heavy atom. The van der Waals surface area contributed by atoms with Gasteiger partial charge in [0.05, 0.1) is 0 Å². The maximum atomic E-state index is 11.8. The lowest BCUT2D eigenvalue weighted by atomic mass is 10.0. The van der Waals surface area contributed by atoms with E-state index in [2.05, 4.69) is 4.74 Å². The van der Waals surface area contributed by atoms with E-state index < -0.39 is 31.3 Å². The minimum atomic E-state index is -4.44. The van der Waals surface area contributed by atoms with Crippen LogP contribution in [0.1, 0.15) is 19.3 Å². The number of amides is 1. The maximum absolute atomic E-state index is 11.8. The van der Waals surface area contributed by atoms with Crippen LogP contribution in [0.25, 0.3) is 0 Å². The van der Waals surface area contributed by atoms with E-state index in [4.69, 9.17) is 5.11 Å². The number of nitrogens with zero attached hydrogens (tertiary/aromatic N) is 1. The highest BCUT2D eigenvalue weighted by molar-refractivity contribution is 5.77. The third-order valence-corrected chi connectivity index (χ3v) is 2.90. The Kier molecular flexibility index (Phi) is 5.59. The number of rotatable bonds is 6. The monoisotopic (exact) mass is 283 g/mol. The van der Waals surface area contributed by atoms with Crippen LogP contribution in [0.4, 0.5) is 13.2 Å². The minimum absolute atomic E-state index is 0.0390. The van der Waals surface area contributed by atoms with Gasteiger partial charge in [0, 0.05) is 19.5 Å². The SMILES string of the molecule is O=C(O)CCC1CCN(C(=O)COCC(F)(F)F)C1. The number of likely N-dealkylation sites (tertiary alicyclic amines) is 1. The van der Waals surface area contributed by atoms with Gasteiger partial charge in [-0.25, -0.2) is 0 Å². The standard InChI is InChI=1S/C11H16F3NO4/c12-11(13,14)7-19-6-9(16)15-4-3-8(5-15)1-2-10(17)18/h8H,1-7H2,(H,17,18). The summed E-state index contributed by atoms with van der Waals surface area (Å²) in [4.78, 5) is 23.4. The second-order valence-electron chi connectivity index (χ2n) is 4.53. The zero-order chi connectivity index (χ0) is 14.5. The second-order valence-corrected chi connectivity index (χ2v) is 4.53. The quantitative estimate of drug-likeness (QED) is 0.797. The van der Waals surface area contributed by atoms with Gasteiger partial charge in [0.25, 0.3) is 0 Å². The topological polar surface area (TPSA) is 66.8 Å². The molecule has 0 spiro atoms. The third-order valence-electron chi connectivity index (χ3n) is 2.90. The molecule has 0 radical (unpaired) electrons. The van der Waals surface area contributed by atoms with Crippen molar-refractivity contribution in [2.24, 2.45) is 5.92 Å². The number of hydrogen-bond acceptors (Lipinski definition) is 3. The van der Waals surface area contributed by atoms with E-state index in [1.807, 2.05) is 0 Å². The highest BCUT2D eigenvalue weighted by atomic mass is 19.4. The van der Waals surface area contributed by atoms with Crippen molar-refractivity contribution in [1.29, 1.82) is 0 Å².